The van der Waals surface area contributed by atoms with E-state index in [1.165, 1.54) is 44.0 Å². The second kappa shape index (κ2) is 25.2. The molecule has 0 spiro atoms. The van der Waals surface area contributed by atoms with Gasteiger partial charge in [-0.05, 0) is 158 Å². The summed E-state index contributed by atoms with van der Waals surface area (Å²) in [6.45, 7) is 22.0. The first-order valence-corrected chi connectivity index (χ1v) is 27.0. The van der Waals surface area contributed by atoms with Gasteiger partial charge in [-0.15, -0.1) is 56.7 Å². The summed E-state index contributed by atoms with van der Waals surface area (Å²) in [7, 11) is 0. The van der Waals surface area contributed by atoms with Gasteiger partial charge in [-0.1, -0.05) is 96.0 Å². The van der Waals surface area contributed by atoms with Crippen LogP contribution in [-0.4, -0.2) is 24.9 Å². The summed E-state index contributed by atoms with van der Waals surface area (Å²) >= 11 is 20.2. The molecule has 5 heterocycles. The summed E-state index contributed by atoms with van der Waals surface area (Å²) in [5, 5.41) is 6.94. The molecule has 0 saturated carbocycles. The molecule has 0 aliphatic carbocycles. The lowest BCUT2D eigenvalue weighted by Gasteiger charge is -2.01. The Morgan fingerprint density at radius 3 is 1.04 bits per heavy atom. The fourth-order valence-electron chi connectivity index (χ4n) is 7.28. The maximum absolute atomic E-state index is 13.2. The highest BCUT2D eigenvalue weighted by Gasteiger charge is 2.11. The topological polar surface area (TPSA) is 64.5 Å². The summed E-state index contributed by atoms with van der Waals surface area (Å²) < 4.78 is 25.9. The molecular formula is C56H53Cl2F2N5S5. The molecule has 70 heavy (non-hydrogen) atoms. The van der Waals surface area contributed by atoms with Gasteiger partial charge < -0.3 is 0 Å². The molecule has 0 amide bonds. The van der Waals surface area contributed by atoms with Gasteiger partial charge >= 0.3 is 0 Å². The average molecular weight is 1070 g/mol. The molecule has 14 heteroatoms. The normalized spacial score (nSPS) is 10.5. The molecule has 5 aromatic carbocycles. The number of halogens is 4. The van der Waals surface area contributed by atoms with Gasteiger partial charge in [0.25, 0.3) is 0 Å². The monoisotopic (exact) mass is 1060 g/mol. The molecule has 0 unspecified atom stereocenters. The van der Waals surface area contributed by atoms with E-state index in [0.717, 1.165) is 95.6 Å². The van der Waals surface area contributed by atoms with Gasteiger partial charge in [-0.2, -0.15) is 0 Å². The molecule has 360 valence electrons. The molecule has 0 aliphatic rings. The second-order valence-corrected chi connectivity index (χ2v) is 23.0. The number of nitrogens with zero attached hydrogens (tertiary/aromatic N) is 5. The van der Waals surface area contributed by atoms with Crippen LogP contribution < -0.4 is 0 Å². The van der Waals surface area contributed by atoms with Crippen molar-refractivity contribution in [1.29, 1.82) is 0 Å². The van der Waals surface area contributed by atoms with Crippen LogP contribution in [0.25, 0.3) is 52.2 Å². The van der Waals surface area contributed by atoms with E-state index < -0.39 is 0 Å². The van der Waals surface area contributed by atoms with Crippen molar-refractivity contribution in [2.75, 3.05) is 0 Å². The predicted octanol–water partition coefficient (Wildman–Crippen LogP) is 19.0. The summed E-state index contributed by atoms with van der Waals surface area (Å²) in [6.07, 6.45) is 0. The molecular weight excluding hydrogens is 1010 g/mol. The van der Waals surface area contributed by atoms with Crippen molar-refractivity contribution in [2.45, 2.75) is 76.2 Å². The number of hydrogen-bond donors (Lipinski definition) is 0. The fourth-order valence-corrected chi connectivity index (χ4v) is 12.2. The highest BCUT2D eigenvalue weighted by molar-refractivity contribution is 7.16. The molecule has 5 aromatic heterocycles. The minimum Gasteiger partial charge on any atom is -0.246 e. The smallest absolute Gasteiger partial charge is 0.124 e. The molecule has 0 atom stereocenters. The van der Waals surface area contributed by atoms with Crippen molar-refractivity contribution >= 4 is 79.9 Å². The average Bonchev–Trinajstić information content (AvgIpc) is 4.12. The highest BCUT2D eigenvalue weighted by atomic mass is 35.5. The van der Waals surface area contributed by atoms with Gasteiger partial charge in [0.05, 0.1) is 77.9 Å². The minimum absolute atomic E-state index is 0.185. The van der Waals surface area contributed by atoms with E-state index in [-0.39, 0.29) is 11.6 Å². The van der Waals surface area contributed by atoms with Crippen molar-refractivity contribution in [1.82, 2.24) is 24.9 Å². The lowest BCUT2D eigenvalue weighted by atomic mass is 10.1. The van der Waals surface area contributed by atoms with Crippen LogP contribution in [0.2, 0.25) is 10.0 Å². The van der Waals surface area contributed by atoms with Crippen molar-refractivity contribution in [3.05, 3.63) is 202 Å². The van der Waals surface area contributed by atoms with Crippen LogP contribution in [0.3, 0.4) is 0 Å². The number of aromatic nitrogens is 5. The molecule has 0 aliphatic heterocycles. The number of rotatable bonds is 5. The van der Waals surface area contributed by atoms with Gasteiger partial charge in [0.1, 0.15) is 11.6 Å². The zero-order valence-electron chi connectivity index (χ0n) is 40.8. The number of hydrogen-bond acceptors (Lipinski definition) is 10. The molecule has 0 N–H and O–H groups in total. The minimum atomic E-state index is -0.201. The van der Waals surface area contributed by atoms with Gasteiger partial charge in [0.15, 0.2) is 0 Å². The first kappa shape index (κ1) is 54.0. The Balaban J connectivity index is 0.000000144. The van der Waals surface area contributed by atoms with E-state index in [2.05, 4.69) is 62.2 Å². The van der Waals surface area contributed by atoms with Crippen LogP contribution >= 0.6 is 79.9 Å². The Labute approximate surface area is 440 Å². The number of benzene rings is 5. The first-order chi connectivity index (χ1) is 33.3. The number of aryl methyl sites for hydroxylation is 11. The Morgan fingerprint density at radius 2 is 0.671 bits per heavy atom. The zero-order valence-corrected chi connectivity index (χ0v) is 46.4. The third-order valence-electron chi connectivity index (χ3n) is 10.2. The van der Waals surface area contributed by atoms with Crippen LogP contribution in [0.4, 0.5) is 8.78 Å². The molecule has 0 saturated heterocycles. The van der Waals surface area contributed by atoms with E-state index in [0.29, 0.717) is 0 Å². The second-order valence-electron chi connectivity index (χ2n) is 16.1. The maximum atomic E-state index is 13.2. The van der Waals surface area contributed by atoms with Crippen LogP contribution in [0.15, 0.2) is 121 Å². The van der Waals surface area contributed by atoms with Crippen LogP contribution in [0.1, 0.15) is 59.1 Å². The maximum Gasteiger partial charge on any atom is 0.124 e. The molecule has 5 nitrogen and oxygen atoms in total. The van der Waals surface area contributed by atoms with Crippen molar-refractivity contribution in [3.8, 4) is 52.2 Å². The van der Waals surface area contributed by atoms with Crippen molar-refractivity contribution < 1.29 is 8.78 Å². The van der Waals surface area contributed by atoms with Gasteiger partial charge in [0.2, 0.25) is 0 Å². The third kappa shape index (κ3) is 15.3. The van der Waals surface area contributed by atoms with E-state index >= 15 is 0 Å². The quantitative estimate of drug-likeness (QED) is 0.172. The van der Waals surface area contributed by atoms with Gasteiger partial charge in [-0.3, -0.25) is 0 Å². The fraction of sp³-hybridized carbons (Fsp3) is 0.196. The van der Waals surface area contributed by atoms with Gasteiger partial charge in [0, 0.05) is 10.0 Å². The Kier molecular flexibility index (Phi) is 19.4. The van der Waals surface area contributed by atoms with Crippen LogP contribution in [0, 0.1) is 87.8 Å². The largest absolute Gasteiger partial charge is 0.246 e. The standard InChI is InChI=1S/C12H12FNS.2C11H10ClNS.C11H10FNS.C11H11NS/c1-7-4-10(6-11(13)5-7)12-8(2)14-9(3)15-12;1-7-11(14-8(2)13-7)9-3-5-10(12)6-4-9;1-7-11(14-8(2)13-7)9-4-3-5-10(12)6-9;1-7-11(14-8(2)13-7)9-3-5-10(12)6-4-9;1-8-11(13-9(2)12-8)10-6-4-3-5-7-10/h4-6H,1-3H3;3*3-6H,1-2H3;3-7H,1-2H3. The van der Waals surface area contributed by atoms with E-state index in [4.69, 9.17) is 23.2 Å². The van der Waals surface area contributed by atoms with Crippen LogP contribution in [0.5, 0.6) is 0 Å². The lowest BCUT2D eigenvalue weighted by molar-refractivity contribution is 0.627. The summed E-state index contributed by atoms with van der Waals surface area (Å²) in [4.78, 5) is 27.8. The van der Waals surface area contributed by atoms with E-state index in [1.807, 2.05) is 124 Å². The molecule has 10 aromatic rings. The molecule has 0 radical (unpaired) electrons. The van der Waals surface area contributed by atoms with Crippen LogP contribution in [-0.2, 0) is 0 Å². The van der Waals surface area contributed by atoms with Crippen molar-refractivity contribution in [3.63, 3.8) is 0 Å². The SMILES string of the molecule is Cc1cc(F)cc(-c2sc(C)nc2C)c1.Cc1nc(C)c(-c2ccc(Cl)cc2)s1.Cc1nc(C)c(-c2ccc(F)cc2)s1.Cc1nc(C)c(-c2cccc(Cl)c2)s1.Cc1nc(C)c(-c2ccccc2)s1. The Morgan fingerprint density at radius 1 is 0.314 bits per heavy atom. The Bertz CT molecular complexity index is 3170. The molecule has 10 rings (SSSR count). The molecule has 0 bridgehead atoms. The zero-order chi connectivity index (χ0) is 50.6. The molecule has 0 fully saturated rings. The Hall–Kier alpha value is -5.31. The third-order valence-corrected chi connectivity index (χ3v) is 16.3. The predicted molar refractivity (Wildman–Crippen MR) is 300 cm³/mol. The summed E-state index contributed by atoms with van der Waals surface area (Å²) in [5.74, 6) is -0.386. The van der Waals surface area contributed by atoms with Gasteiger partial charge in [-0.25, -0.2) is 33.7 Å². The summed E-state index contributed by atoms with van der Waals surface area (Å²) in [6, 6.07) is 37.8. The van der Waals surface area contributed by atoms with Crippen molar-refractivity contribution in [2.24, 2.45) is 0 Å². The first-order valence-electron chi connectivity index (χ1n) is 22.1. The highest BCUT2D eigenvalue weighted by Crippen LogP contribution is 2.34. The van der Waals surface area contributed by atoms with E-state index in [9.17, 15) is 8.78 Å². The number of thiazole rings is 5. The van der Waals surface area contributed by atoms with E-state index in [1.54, 1.807) is 74.9 Å². The lowest BCUT2D eigenvalue weighted by Crippen LogP contribution is -1.83. The summed E-state index contributed by atoms with van der Waals surface area (Å²) in [5.41, 5.74) is 11.8.